The molecule has 0 aromatic carbocycles. The van der Waals surface area contributed by atoms with E-state index in [0.29, 0.717) is 12.3 Å². The Morgan fingerprint density at radius 1 is 1.19 bits per heavy atom. The smallest absolute Gasteiger partial charge is 0.396 e. The van der Waals surface area contributed by atoms with Gasteiger partial charge in [0.05, 0.1) is 6.54 Å². The van der Waals surface area contributed by atoms with E-state index in [4.69, 9.17) is 5.11 Å². The average molecular weight is 239 g/mol. The van der Waals surface area contributed by atoms with Crippen molar-refractivity contribution < 1.29 is 18.3 Å². The van der Waals surface area contributed by atoms with Crippen LogP contribution in [0.3, 0.4) is 0 Å². The first-order valence-electron chi connectivity index (χ1n) is 5.94. The molecule has 0 aliphatic heterocycles. The molecule has 0 spiro atoms. The number of hydrogen-bond donors (Lipinski definition) is 2. The molecule has 1 aliphatic rings. The van der Waals surface area contributed by atoms with Gasteiger partial charge in [-0.25, -0.2) is 0 Å². The molecule has 0 radical (unpaired) electrons. The third kappa shape index (κ3) is 5.16. The van der Waals surface area contributed by atoms with Crippen LogP contribution in [0, 0.1) is 5.92 Å². The molecule has 1 atom stereocenters. The first-order chi connectivity index (χ1) is 7.53. The number of rotatable bonds is 5. The van der Waals surface area contributed by atoms with Gasteiger partial charge in [0.2, 0.25) is 0 Å². The van der Waals surface area contributed by atoms with Gasteiger partial charge in [0, 0.05) is 12.6 Å². The summed E-state index contributed by atoms with van der Waals surface area (Å²) in [5.41, 5.74) is 0. The van der Waals surface area contributed by atoms with Crippen molar-refractivity contribution in [2.24, 2.45) is 5.92 Å². The van der Waals surface area contributed by atoms with Crippen LogP contribution in [-0.4, -0.2) is 30.5 Å². The fourth-order valence-corrected chi connectivity index (χ4v) is 2.43. The lowest BCUT2D eigenvalue weighted by Gasteiger charge is -2.31. The molecule has 0 heterocycles. The number of nitrogens with one attached hydrogen (secondary N) is 1. The Balaban J connectivity index is 2.39. The summed E-state index contributed by atoms with van der Waals surface area (Å²) in [5.74, 6) is 0.295. The Bertz CT molecular complexity index is 190. The van der Waals surface area contributed by atoms with Crippen LogP contribution in [0.4, 0.5) is 13.2 Å². The van der Waals surface area contributed by atoms with Crippen LogP contribution in [0.1, 0.15) is 38.5 Å². The first kappa shape index (κ1) is 13.8. The van der Waals surface area contributed by atoms with E-state index in [1.807, 2.05) is 0 Å². The first-order valence-corrected chi connectivity index (χ1v) is 5.94. The second-order valence-corrected chi connectivity index (χ2v) is 4.51. The summed E-state index contributed by atoms with van der Waals surface area (Å²) in [6.07, 6.45) is 1.59. The van der Waals surface area contributed by atoms with Crippen molar-refractivity contribution in [2.75, 3.05) is 13.2 Å². The molecule has 1 rings (SSSR count). The van der Waals surface area contributed by atoms with Crippen LogP contribution >= 0.6 is 0 Å². The lowest BCUT2D eigenvalue weighted by atomic mass is 9.83. The summed E-state index contributed by atoms with van der Waals surface area (Å²) >= 11 is 0. The predicted molar refractivity (Wildman–Crippen MR) is 56.1 cm³/mol. The number of alkyl halides is 3. The maximum atomic E-state index is 12.1. The van der Waals surface area contributed by atoms with E-state index in [0.717, 1.165) is 25.7 Å². The molecule has 0 aromatic rings. The van der Waals surface area contributed by atoms with Gasteiger partial charge in [0.25, 0.3) is 0 Å². The summed E-state index contributed by atoms with van der Waals surface area (Å²) in [6.45, 7) is -1.000. The highest BCUT2D eigenvalue weighted by Crippen LogP contribution is 2.28. The van der Waals surface area contributed by atoms with Gasteiger partial charge in [-0.3, -0.25) is 0 Å². The summed E-state index contributed by atoms with van der Waals surface area (Å²) in [7, 11) is 0. The van der Waals surface area contributed by atoms with E-state index in [9.17, 15) is 13.2 Å². The minimum Gasteiger partial charge on any atom is -0.396 e. The van der Waals surface area contributed by atoms with E-state index in [1.165, 1.54) is 6.42 Å². The molecule has 0 amide bonds. The van der Waals surface area contributed by atoms with Crippen molar-refractivity contribution >= 4 is 0 Å². The van der Waals surface area contributed by atoms with Gasteiger partial charge in [-0.1, -0.05) is 19.3 Å². The van der Waals surface area contributed by atoms with Crippen LogP contribution in [0.5, 0.6) is 0 Å². The van der Waals surface area contributed by atoms with Gasteiger partial charge in [-0.15, -0.1) is 0 Å². The second-order valence-electron chi connectivity index (χ2n) is 4.51. The minimum absolute atomic E-state index is 0.0496. The highest BCUT2D eigenvalue weighted by molar-refractivity contribution is 4.80. The zero-order chi connectivity index (χ0) is 12.0. The molecular formula is C11H20F3NO. The third-order valence-electron chi connectivity index (χ3n) is 3.22. The van der Waals surface area contributed by atoms with Crippen LogP contribution in [-0.2, 0) is 0 Å². The summed E-state index contributed by atoms with van der Waals surface area (Å²) in [4.78, 5) is 0. The molecular weight excluding hydrogens is 219 g/mol. The predicted octanol–water partition coefficient (Wildman–Crippen LogP) is 2.47. The van der Waals surface area contributed by atoms with Crippen LogP contribution in [0.2, 0.25) is 0 Å². The Hall–Kier alpha value is -0.290. The Kier molecular flexibility index (Phi) is 5.55. The summed E-state index contributed by atoms with van der Waals surface area (Å²) in [5, 5.41) is 11.4. The number of aliphatic hydroxyl groups is 1. The molecule has 1 aliphatic carbocycles. The fourth-order valence-electron chi connectivity index (χ4n) is 2.43. The Morgan fingerprint density at radius 2 is 1.81 bits per heavy atom. The van der Waals surface area contributed by atoms with Crippen molar-refractivity contribution in [3.8, 4) is 0 Å². The average Bonchev–Trinajstić information content (AvgIpc) is 2.24. The van der Waals surface area contributed by atoms with Gasteiger partial charge < -0.3 is 10.4 Å². The van der Waals surface area contributed by atoms with Crippen molar-refractivity contribution in [3.63, 3.8) is 0 Å². The lowest BCUT2D eigenvalue weighted by molar-refractivity contribution is -0.127. The zero-order valence-corrected chi connectivity index (χ0v) is 9.39. The van der Waals surface area contributed by atoms with Crippen molar-refractivity contribution in [2.45, 2.75) is 50.7 Å². The standard InChI is InChI=1S/C11H20F3NO/c12-11(13,14)8-15-10(6-7-16)9-4-2-1-3-5-9/h9-10,15-16H,1-8H2/t10-/m1/s1. The van der Waals surface area contributed by atoms with Crippen LogP contribution in [0.15, 0.2) is 0 Å². The quantitative estimate of drug-likeness (QED) is 0.772. The van der Waals surface area contributed by atoms with E-state index < -0.39 is 12.7 Å². The molecule has 0 saturated heterocycles. The van der Waals surface area contributed by atoms with Gasteiger partial charge in [0.1, 0.15) is 0 Å². The summed E-state index contributed by atoms with van der Waals surface area (Å²) in [6, 6.07) is -0.188. The van der Waals surface area contributed by atoms with Crippen molar-refractivity contribution in [3.05, 3.63) is 0 Å². The van der Waals surface area contributed by atoms with Gasteiger partial charge in [0.15, 0.2) is 0 Å². The highest BCUT2D eigenvalue weighted by atomic mass is 19.4. The van der Waals surface area contributed by atoms with Gasteiger partial charge in [-0.2, -0.15) is 13.2 Å². The van der Waals surface area contributed by atoms with Crippen molar-refractivity contribution in [1.29, 1.82) is 0 Å². The lowest BCUT2D eigenvalue weighted by Crippen LogP contribution is -2.42. The largest absolute Gasteiger partial charge is 0.401 e. The molecule has 0 bridgehead atoms. The molecule has 1 saturated carbocycles. The second kappa shape index (κ2) is 6.45. The van der Waals surface area contributed by atoms with Crippen molar-refractivity contribution in [1.82, 2.24) is 5.32 Å². The van der Waals surface area contributed by atoms with Gasteiger partial charge in [-0.05, 0) is 25.2 Å². The summed E-state index contributed by atoms with van der Waals surface area (Å²) < 4.78 is 36.3. The third-order valence-corrected chi connectivity index (χ3v) is 3.22. The number of aliphatic hydroxyl groups excluding tert-OH is 1. The van der Waals surface area contributed by atoms with E-state index >= 15 is 0 Å². The van der Waals surface area contributed by atoms with E-state index in [1.54, 1.807) is 0 Å². The van der Waals surface area contributed by atoms with E-state index in [-0.39, 0.29) is 12.6 Å². The fraction of sp³-hybridized carbons (Fsp3) is 1.00. The Labute approximate surface area is 94.2 Å². The molecule has 1 fully saturated rings. The van der Waals surface area contributed by atoms with Gasteiger partial charge >= 0.3 is 6.18 Å². The molecule has 0 aromatic heterocycles. The topological polar surface area (TPSA) is 32.3 Å². The minimum atomic E-state index is -4.16. The van der Waals surface area contributed by atoms with Crippen LogP contribution < -0.4 is 5.32 Å². The highest BCUT2D eigenvalue weighted by Gasteiger charge is 2.30. The molecule has 96 valence electrons. The Morgan fingerprint density at radius 3 is 2.31 bits per heavy atom. The maximum Gasteiger partial charge on any atom is 0.401 e. The van der Waals surface area contributed by atoms with Crippen LogP contribution in [0.25, 0.3) is 0 Å². The molecule has 5 heteroatoms. The monoisotopic (exact) mass is 239 g/mol. The number of halogens is 3. The normalized spacial score (nSPS) is 21.0. The number of hydrogen-bond acceptors (Lipinski definition) is 2. The molecule has 2 N–H and O–H groups in total. The molecule has 2 nitrogen and oxygen atoms in total. The molecule has 16 heavy (non-hydrogen) atoms. The molecule has 0 unspecified atom stereocenters. The maximum absolute atomic E-state index is 12.1. The van der Waals surface area contributed by atoms with E-state index in [2.05, 4.69) is 5.32 Å². The zero-order valence-electron chi connectivity index (χ0n) is 9.39. The SMILES string of the molecule is OCC[C@@H](NCC(F)(F)F)C1CCCCC1.